The predicted molar refractivity (Wildman–Crippen MR) is 121 cm³/mol. The van der Waals surface area contributed by atoms with Gasteiger partial charge in [-0.05, 0) is 48.0 Å². The highest BCUT2D eigenvalue weighted by molar-refractivity contribution is 5.79. The first-order valence-electron chi connectivity index (χ1n) is 10.4. The molecule has 154 valence electrons. The van der Waals surface area contributed by atoms with Crippen molar-refractivity contribution >= 4 is 5.91 Å². The molecule has 4 nitrogen and oxygen atoms in total. The third kappa shape index (κ3) is 4.71. The van der Waals surface area contributed by atoms with Gasteiger partial charge in [0, 0.05) is 13.0 Å². The molecule has 0 saturated carbocycles. The van der Waals surface area contributed by atoms with E-state index in [4.69, 9.17) is 4.74 Å². The van der Waals surface area contributed by atoms with Gasteiger partial charge >= 0.3 is 0 Å². The second-order valence-electron chi connectivity index (χ2n) is 7.99. The number of benzene rings is 3. The van der Waals surface area contributed by atoms with Gasteiger partial charge in [0.15, 0.2) is 0 Å². The van der Waals surface area contributed by atoms with E-state index in [2.05, 4.69) is 46.6 Å². The lowest BCUT2D eigenvalue weighted by Crippen LogP contribution is -2.35. The number of fused-ring (bicyclic) bond motifs is 1. The molecule has 0 aliphatic carbocycles. The molecule has 0 fully saturated rings. The van der Waals surface area contributed by atoms with Crippen molar-refractivity contribution < 1.29 is 9.53 Å². The Morgan fingerprint density at radius 3 is 2.47 bits per heavy atom. The fourth-order valence-corrected chi connectivity index (χ4v) is 3.92. The van der Waals surface area contributed by atoms with Crippen LogP contribution in [0, 0.1) is 0 Å². The second-order valence-corrected chi connectivity index (χ2v) is 7.99. The summed E-state index contributed by atoms with van der Waals surface area (Å²) >= 11 is 0. The second kappa shape index (κ2) is 9.14. The molecule has 3 aromatic carbocycles. The van der Waals surface area contributed by atoms with Crippen LogP contribution in [0.3, 0.4) is 0 Å². The quantitative estimate of drug-likeness (QED) is 0.645. The largest absolute Gasteiger partial charge is 0.493 e. The fraction of sp³-hybridized carbons (Fsp3) is 0.269. The molecule has 0 spiro atoms. The molecular formula is C26H28N2O2. The number of carbonyl (C=O) groups excluding carboxylic acids is 1. The highest BCUT2D eigenvalue weighted by Gasteiger charge is 2.19. The van der Waals surface area contributed by atoms with Gasteiger partial charge in [0.05, 0.1) is 19.1 Å². The number of nitrogens with zero attached hydrogens (tertiary/aromatic N) is 1. The fourth-order valence-electron chi connectivity index (χ4n) is 3.92. The topological polar surface area (TPSA) is 41.6 Å². The SMILES string of the molecule is CN(C)C(CNC(=O)Cc1ccc(-c2ccccc2)cc1)c1ccc2c(c1)CCO2. The summed E-state index contributed by atoms with van der Waals surface area (Å²) in [6.45, 7) is 1.33. The normalized spacial score (nSPS) is 13.6. The van der Waals surface area contributed by atoms with Crippen LogP contribution in [-0.2, 0) is 17.6 Å². The summed E-state index contributed by atoms with van der Waals surface area (Å²) in [6, 6.07) is 25.0. The number of hydrogen-bond donors (Lipinski definition) is 1. The zero-order valence-corrected chi connectivity index (χ0v) is 17.6. The average Bonchev–Trinajstić information content (AvgIpc) is 3.23. The van der Waals surface area contributed by atoms with Crippen LogP contribution in [0.1, 0.15) is 22.7 Å². The van der Waals surface area contributed by atoms with Crippen molar-refractivity contribution in [3.05, 3.63) is 89.5 Å². The smallest absolute Gasteiger partial charge is 0.224 e. The first kappa shape index (κ1) is 20.2. The van der Waals surface area contributed by atoms with E-state index in [1.165, 1.54) is 16.7 Å². The van der Waals surface area contributed by atoms with Crippen LogP contribution in [-0.4, -0.2) is 38.1 Å². The minimum atomic E-state index is 0.0406. The van der Waals surface area contributed by atoms with Crippen molar-refractivity contribution in [2.45, 2.75) is 18.9 Å². The van der Waals surface area contributed by atoms with Gasteiger partial charge in [0.2, 0.25) is 5.91 Å². The van der Waals surface area contributed by atoms with Crippen LogP contribution in [0.25, 0.3) is 11.1 Å². The van der Waals surface area contributed by atoms with Gasteiger partial charge in [0.1, 0.15) is 5.75 Å². The molecule has 0 aromatic heterocycles. The summed E-state index contributed by atoms with van der Waals surface area (Å²) in [5, 5.41) is 3.11. The molecule has 1 unspecified atom stereocenters. The zero-order chi connectivity index (χ0) is 20.9. The molecule has 1 atom stereocenters. The Morgan fingerprint density at radius 2 is 1.73 bits per heavy atom. The van der Waals surface area contributed by atoms with Gasteiger partial charge in [-0.2, -0.15) is 0 Å². The summed E-state index contributed by atoms with van der Waals surface area (Å²) < 4.78 is 5.61. The van der Waals surface area contributed by atoms with E-state index in [0.717, 1.165) is 29.9 Å². The Bertz CT molecular complexity index is 997. The Balaban J connectivity index is 1.36. The van der Waals surface area contributed by atoms with E-state index in [0.29, 0.717) is 13.0 Å². The van der Waals surface area contributed by atoms with E-state index in [1.807, 2.05) is 50.5 Å². The van der Waals surface area contributed by atoms with Crippen molar-refractivity contribution in [1.82, 2.24) is 10.2 Å². The minimum absolute atomic E-state index is 0.0406. The Hall–Kier alpha value is -3.11. The first-order valence-corrected chi connectivity index (χ1v) is 10.4. The molecule has 0 bridgehead atoms. The van der Waals surface area contributed by atoms with Crippen LogP contribution in [0.2, 0.25) is 0 Å². The summed E-state index contributed by atoms with van der Waals surface area (Å²) in [5.41, 5.74) is 5.82. The van der Waals surface area contributed by atoms with Crippen molar-refractivity contribution in [2.24, 2.45) is 0 Å². The Kier molecular flexibility index (Phi) is 6.15. The van der Waals surface area contributed by atoms with Gasteiger partial charge in [-0.15, -0.1) is 0 Å². The zero-order valence-electron chi connectivity index (χ0n) is 17.6. The summed E-state index contributed by atoms with van der Waals surface area (Å²) in [5.74, 6) is 1.03. The number of carbonyl (C=O) groups is 1. The van der Waals surface area contributed by atoms with Gasteiger partial charge in [-0.25, -0.2) is 0 Å². The highest BCUT2D eigenvalue weighted by Crippen LogP contribution is 2.29. The maximum Gasteiger partial charge on any atom is 0.224 e. The molecule has 0 saturated heterocycles. The van der Waals surface area contributed by atoms with Crippen molar-refractivity contribution in [2.75, 3.05) is 27.2 Å². The molecule has 1 heterocycles. The van der Waals surface area contributed by atoms with Crippen molar-refractivity contribution in [3.63, 3.8) is 0 Å². The average molecular weight is 401 g/mol. The number of hydrogen-bond acceptors (Lipinski definition) is 3. The first-order chi connectivity index (χ1) is 14.6. The number of amides is 1. The molecule has 1 aliphatic heterocycles. The Morgan fingerprint density at radius 1 is 1.00 bits per heavy atom. The van der Waals surface area contributed by atoms with Crippen LogP contribution < -0.4 is 10.1 Å². The molecule has 4 heteroatoms. The van der Waals surface area contributed by atoms with E-state index >= 15 is 0 Å². The van der Waals surface area contributed by atoms with E-state index in [9.17, 15) is 4.79 Å². The van der Waals surface area contributed by atoms with Crippen molar-refractivity contribution in [1.29, 1.82) is 0 Å². The van der Waals surface area contributed by atoms with Crippen LogP contribution in [0.4, 0.5) is 0 Å². The van der Waals surface area contributed by atoms with Crippen LogP contribution in [0.5, 0.6) is 5.75 Å². The van der Waals surface area contributed by atoms with Gasteiger partial charge in [-0.3, -0.25) is 4.79 Å². The molecule has 1 N–H and O–H groups in total. The predicted octanol–water partition coefficient (Wildman–Crippen LogP) is 4.25. The van der Waals surface area contributed by atoms with Gasteiger partial charge in [0.25, 0.3) is 0 Å². The van der Waals surface area contributed by atoms with E-state index in [-0.39, 0.29) is 11.9 Å². The highest BCUT2D eigenvalue weighted by atomic mass is 16.5. The molecule has 0 radical (unpaired) electrons. The van der Waals surface area contributed by atoms with Crippen molar-refractivity contribution in [3.8, 4) is 16.9 Å². The molecule has 4 rings (SSSR count). The van der Waals surface area contributed by atoms with Crippen LogP contribution in [0.15, 0.2) is 72.8 Å². The molecular weight excluding hydrogens is 372 g/mol. The van der Waals surface area contributed by atoms with Crippen LogP contribution >= 0.6 is 0 Å². The standard InChI is InChI=1S/C26H28N2O2/c1-28(2)24(22-12-13-25-23(17-22)14-15-30-25)18-27-26(29)16-19-8-10-21(11-9-19)20-6-4-3-5-7-20/h3-13,17,24H,14-16,18H2,1-2H3,(H,27,29). The maximum absolute atomic E-state index is 12.6. The molecule has 1 aliphatic rings. The number of nitrogens with one attached hydrogen (secondary N) is 1. The summed E-state index contributed by atoms with van der Waals surface area (Å²) in [4.78, 5) is 14.7. The monoisotopic (exact) mass is 400 g/mol. The summed E-state index contributed by atoms with van der Waals surface area (Å²) in [7, 11) is 4.09. The van der Waals surface area contributed by atoms with Gasteiger partial charge in [-0.1, -0.05) is 66.7 Å². The Labute approximate surface area is 178 Å². The van der Waals surface area contributed by atoms with E-state index < -0.39 is 0 Å². The van der Waals surface area contributed by atoms with Gasteiger partial charge < -0.3 is 15.0 Å². The number of ether oxygens (including phenoxy) is 1. The summed E-state index contributed by atoms with van der Waals surface area (Å²) in [6.07, 6.45) is 1.34. The van der Waals surface area contributed by atoms with E-state index in [1.54, 1.807) is 0 Å². The number of likely N-dealkylation sites (N-methyl/N-ethyl adjacent to an activating group) is 1. The lowest BCUT2D eigenvalue weighted by atomic mass is 10.0. The maximum atomic E-state index is 12.6. The minimum Gasteiger partial charge on any atom is -0.493 e. The third-order valence-electron chi connectivity index (χ3n) is 5.64. The number of rotatable bonds is 7. The lowest BCUT2D eigenvalue weighted by Gasteiger charge is -2.25. The molecule has 3 aromatic rings. The third-order valence-corrected chi connectivity index (χ3v) is 5.64. The molecule has 30 heavy (non-hydrogen) atoms. The lowest BCUT2D eigenvalue weighted by molar-refractivity contribution is -0.120. The molecule has 1 amide bonds.